The van der Waals surface area contributed by atoms with E-state index in [0.717, 1.165) is 26.7 Å². The summed E-state index contributed by atoms with van der Waals surface area (Å²) < 4.78 is 34.0. The lowest BCUT2D eigenvalue weighted by Gasteiger charge is -2.25. The Morgan fingerprint density at radius 2 is 1.51 bits per heavy atom. The van der Waals surface area contributed by atoms with Crippen molar-refractivity contribution >= 4 is 21.6 Å². The Balaban J connectivity index is 1.72. The van der Waals surface area contributed by atoms with Crippen LogP contribution in [0.3, 0.4) is 0 Å². The molecule has 1 N–H and O–H groups in total. The van der Waals surface area contributed by atoms with Gasteiger partial charge in [-0.1, -0.05) is 63.2 Å². The molecule has 3 aromatic rings. The normalized spacial score (nSPS) is 11.7. The van der Waals surface area contributed by atoms with E-state index in [1.165, 1.54) is 12.1 Å². The first-order valence-electron chi connectivity index (χ1n) is 11.6. The average molecular weight is 495 g/mol. The van der Waals surface area contributed by atoms with Gasteiger partial charge in [0.1, 0.15) is 18.9 Å². The van der Waals surface area contributed by atoms with Crippen LogP contribution in [0.25, 0.3) is 0 Å². The molecule has 0 fully saturated rings. The number of amides is 1. The fourth-order valence-corrected chi connectivity index (χ4v) is 5.30. The molecule has 0 saturated carbocycles. The standard InChI is InChI=1S/C28H34N2O4S/c1-21-17-22(2)19-23(18-21)30(35(32,33)24-11-7-6-8-12-24)20-27(31)29-15-16-34-26-14-10-9-13-25(26)28(3,4)5/h6-14,17-19H,15-16,20H2,1-5H3,(H,29,31). The van der Waals surface area contributed by atoms with Crippen molar-refractivity contribution in [2.24, 2.45) is 0 Å². The van der Waals surface area contributed by atoms with Crippen LogP contribution in [0.1, 0.15) is 37.5 Å². The van der Waals surface area contributed by atoms with E-state index in [0.29, 0.717) is 5.69 Å². The number of rotatable bonds is 9. The van der Waals surface area contributed by atoms with Gasteiger partial charge in [-0.15, -0.1) is 0 Å². The molecule has 0 saturated heterocycles. The van der Waals surface area contributed by atoms with Crippen LogP contribution in [0.15, 0.2) is 77.7 Å². The molecule has 3 aromatic carbocycles. The number of nitrogens with one attached hydrogen (secondary N) is 1. The van der Waals surface area contributed by atoms with E-state index in [-0.39, 0.29) is 30.0 Å². The minimum Gasteiger partial charge on any atom is -0.491 e. The highest BCUT2D eigenvalue weighted by Gasteiger charge is 2.27. The number of para-hydroxylation sites is 1. The SMILES string of the molecule is Cc1cc(C)cc(N(CC(=O)NCCOc2ccccc2C(C)(C)C)S(=O)(=O)c2ccccc2)c1. The van der Waals surface area contributed by atoms with Crippen molar-refractivity contribution in [2.45, 2.75) is 44.9 Å². The number of hydrogen-bond acceptors (Lipinski definition) is 4. The highest BCUT2D eigenvalue weighted by atomic mass is 32.2. The van der Waals surface area contributed by atoms with E-state index in [1.54, 1.807) is 30.3 Å². The fraction of sp³-hybridized carbons (Fsp3) is 0.321. The Morgan fingerprint density at radius 1 is 0.914 bits per heavy atom. The van der Waals surface area contributed by atoms with E-state index in [9.17, 15) is 13.2 Å². The Kier molecular flexibility index (Phi) is 8.22. The van der Waals surface area contributed by atoms with E-state index in [1.807, 2.05) is 44.2 Å². The first kappa shape index (κ1) is 26.3. The molecule has 3 rings (SSSR count). The predicted molar refractivity (Wildman–Crippen MR) is 141 cm³/mol. The van der Waals surface area contributed by atoms with Gasteiger partial charge in [0.05, 0.1) is 17.1 Å². The number of nitrogens with zero attached hydrogens (tertiary/aromatic N) is 1. The van der Waals surface area contributed by atoms with Gasteiger partial charge in [0, 0.05) is 0 Å². The van der Waals surface area contributed by atoms with Crippen LogP contribution in [0.5, 0.6) is 5.75 Å². The Morgan fingerprint density at radius 3 is 2.14 bits per heavy atom. The summed E-state index contributed by atoms with van der Waals surface area (Å²) in [6.45, 7) is 10.3. The summed E-state index contributed by atoms with van der Waals surface area (Å²) in [4.78, 5) is 13.0. The zero-order valence-electron chi connectivity index (χ0n) is 21.0. The molecule has 0 heterocycles. The van der Waals surface area contributed by atoms with Crippen LogP contribution < -0.4 is 14.4 Å². The molecule has 35 heavy (non-hydrogen) atoms. The van der Waals surface area contributed by atoms with Crippen molar-refractivity contribution in [1.29, 1.82) is 0 Å². The van der Waals surface area contributed by atoms with E-state index in [4.69, 9.17) is 4.74 Å². The van der Waals surface area contributed by atoms with E-state index in [2.05, 4.69) is 26.1 Å². The molecule has 0 unspecified atom stereocenters. The average Bonchev–Trinajstić information content (AvgIpc) is 2.79. The molecule has 0 bridgehead atoms. The Hall–Kier alpha value is -3.32. The van der Waals surface area contributed by atoms with Gasteiger partial charge in [-0.05, 0) is 66.3 Å². The summed E-state index contributed by atoms with van der Waals surface area (Å²) in [6, 6.07) is 21.5. The summed E-state index contributed by atoms with van der Waals surface area (Å²) in [5.74, 6) is 0.370. The van der Waals surface area contributed by atoms with Crippen molar-refractivity contribution in [3.63, 3.8) is 0 Å². The molecule has 0 aliphatic heterocycles. The van der Waals surface area contributed by atoms with Crippen LogP contribution in [0, 0.1) is 13.8 Å². The molecule has 1 amide bonds. The van der Waals surface area contributed by atoms with Crippen molar-refractivity contribution in [3.8, 4) is 5.75 Å². The molecule has 186 valence electrons. The number of benzene rings is 3. The lowest BCUT2D eigenvalue weighted by Crippen LogP contribution is -2.42. The first-order chi connectivity index (χ1) is 16.5. The molecule has 0 aliphatic carbocycles. The maximum absolute atomic E-state index is 13.5. The predicted octanol–water partition coefficient (Wildman–Crippen LogP) is 4.99. The molecule has 0 spiro atoms. The van der Waals surface area contributed by atoms with Crippen molar-refractivity contribution in [2.75, 3.05) is 24.0 Å². The van der Waals surface area contributed by atoms with Crippen LogP contribution in [0.4, 0.5) is 5.69 Å². The maximum Gasteiger partial charge on any atom is 0.264 e. The number of hydrogen-bond donors (Lipinski definition) is 1. The summed E-state index contributed by atoms with van der Waals surface area (Å²) in [5.41, 5.74) is 3.30. The third kappa shape index (κ3) is 6.85. The Bertz CT molecular complexity index is 1250. The summed E-state index contributed by atoms with van der Waals surface area (Å²) >= 11 is 0. The quantitative estimate of drug-likeness (QED) is 0.425. The Labute approximate surface area is 209 Å². The third-order valence-electron chi connectivity index (χ3n) is 5.49. The van der Waals surface area contributed by atoms with Crippen LogP contribution in [-0.4, -0.2) is 34.0 Å². The highest BCUT2D eigenvalue weighted by Crippen LogP contribution is 2.31. The second-order valence-electron chi connectivity index (χ2n) is 9.62. The topological polar surface area (TPSA) is 75.7 Å². The monoisotopic (exact) mass is 494 g/mol. The van der Waals surface area contributed by atoms with Crippen molar-refractivity contribution in [1.82, 2.24) is 5.32 Å². The number of carbonyl (C=O) groups is 1. The largest absolute Gasteiger partial charge is 0.491 e. The second-order valence-corrected chi connectivity index (χ2v) is 11.5. The maximum atomic E-state index is 13.5. The van der Waals surface area contributed by atoms with E-state index < -0.39 is 15.9 Å². The van der Waals surface area contributed by atoms with Gasteiger partial charge in [-0.2, -0.15) is 0 Å². The van der Waals surface area contributed by atoms with Crippen LogP contribution in [-0.2, 0) is 20.2 Å². The summed E-state index contributed by atoms with van der Waals surface area (Å²) in [7, 11) is -3.94. The smallest absolute Gasteiger partial charge is 0.264 e. The molecule has 7 heteroatoms. The lowest BCUT2D eigenvalue weighted by atomic mass is 9.86. The van der Waals surface area contributed by atoms with Gasteiger partial charge in [-0.3, -0.25) is 9.10 Å². The van der Waals surface area contributed by atoms with Crippen molar-refractivity contribution in [3.05, 3.63) is 89.5 Å². The third-order valence-corrected chi connectivity index (χ3v) is 7.28. The lowest BCUT2D eigenvalue weighted by molar-refractivity contribution is -0.119. The minimum absolute atomic E-state index is 0.0713. The first-order valence-corrected chi connectivity index (χ1v) is 13.1. The van der Waals surface area contributed by atoms with Gasteiger partial charge in [0.2, 0.25) is 5.91 Å². The van der Waals surface area contributed by atoms with Gasteiger partial charge in [-0.25, -0.2) is 8.42 Å². The molecule has 0 aliphatic rings. The molecule has 0 aromatic heterocycles. The minimum atomic E-state index is -3.94. The number of carbonyl (C=O) groups excluding carboxylic acids is 1. The van der Waals surface area contributed by atoms with Crippen LogP contribution in [0.2, 0.25) is 0 Å². The summed E-state index contributed by atoms with van der Waals surface area (Å²) in [6.07, 6.45) is 0. The van der Waals surface area contributed by atoms with Gasteiger partial charge in [0.25, 0.3) is 10.0 Å². The summed E-state index contributed by atoms with van der Waals surface area (Å²) in [5, 5.41) is 2.79. The van der Waals surface area contributed by atoms with Gasteiger partial charge in [0.15, 0.2) is 0 Å². The number of anilines is 1. The molecular formula is C28H34N2O4S. The molecule has 6 nitrogen and oxygen atoms in total. The fourth-order valence-electron chi connectivity index (χ4n) is 3.88. The molecule has 0 radical (unpaired) electrons. The molecular weight excluding hydrogens is 460 g/mol. The van der Waals surface area contributed by atoms with Crippen LogP contribution >= 0.6 is 0 Å². The number of sulfonamides is 1. The number of aryl methyl sites for hydroxylation is 2. The van der Waals surface area contributed by atoms with Gasteiger partial charge < -0.3 is 10.1 Å². The van der Waals surface area contributed by atoms with Crippen molar-refractivity contribution < 1.29 is 17.9 Å². The number of ether oxygens (including phenoxy) is 1. The zero-order valence-corrected chi connectivity index (χ0v) is 21.9. The highest BCUT2D eigenvalue weighted by molar-refractivity contribution is 7.92. The second kappa shape index (κ2) is 11.0. The zero-order chi connectivity index (χ0) is 25.6. The molecule has 0 atom stereocenters. The van der Waals surface area contributed by atoms with Gasteiger partial charge >= 0.3 is 0 Å². The van der Waals surface area contributed by atoms with E-state index >= 15 is 0 Å².